The maximum atomic E-state index is 6.19. The fourth-order valence-corrected chi connectivity index (χ4v) is 4.61. The molecule has 0 spiro atoms. The van der Waals surface area contributed by atoms with E-state index in [2.05, 4.69) is 41.5 Å². The van der Waals surface area contributed by atoms with Gasteiger partial charge in [-0.3, -0.25) is 0 Å². The maximum Gasteiger partial charge on any atom is 0.325 e. The molecule has 104 valence electrons. The van der Waals surface area contributed by atoms with Gasteiger partial charge >= 0.3 is 9.28 Å². The summed E-state index contributed by atoms with van der Waals surface area (Å²) in [6, 6.07) is 0. The zero-order valence-electron chi connectivity index (χ0n) is 12.7. The van der Waals surface area contributed by atoms with Crippen molar-refractivity contribution in [1.82, 2.24) is 0 Å². The van der Waals surface area contributed by atoms with Gasteiger partial charge in [0.15, 0.2) is 0 Å². The lowest BCUT2D eigenvalue weighted by Crippen LogP contribution is -2.35. The third kappa shape index (κ3) is 7.22. The Kier molecular flexibility index (Phi) is 10.2. The van der Waals surface area contributed by atoms with Crippen LogP contribution >= 0.6 is 0 Å². The molecule has 0 aromatic carbocycles. The van der Waals surface area contributed by atoms with Gasteiger partial charge in [-0.1, -0.05) is 40.5 Å². The monoisotopic (exact) mass is 260 g/mol. The van der Waals surface area contributed by atoms with Crippen molar-refractivity contribution < 1.29 is 8.85 Å². The normalized spacial score (nSPS) is 18.7. The summed E-state index contributed by atoms with van der Waals surface area (Å²) in [5.74, 6) is 0. The first kappa shape index (κ1) is 17.1. The van der Waals surface area contributed by atoms with Crippen LogP contribution in [0.4, 0.5) is 0 Å². The van der Waals surface area contributed by atoms with Crippen LogP contribution in [0, 0.1) is 0 Å². The van der Waals surface area contributed by atoms with Crippen LogP contribution in [0.2, 0.25) is 5.54 Å². The van der Waals surface area contributed by atoms with E-state index >= 15 is 0 Å². The van der Waals surface area contributed by atoms with Gasteiger partial charge in [0.2, 0.25) is 0 Å². The molecule has 0 heterocycles. The van der Waals surface area contributed by atoms with E-state index in [0.29, 0.717) is 17.7 Å². The Morgan fingerprint density at radius 2 is 1.29 bits per heavy atom. The van der Waals surface area contributed by atoms with Crippen molar-refractivity contribution in [3.8, 4) is 0 Å². The van der Waals surface area contributed by atoms with Crippen molar-refractivity contribution >= 4 is 9.28 Å². The lowest BCUT2D eigenvalue weighted by Gasteiger charge is -2.29. The van der Waals surface area contributed by atoms with Crippen LogP contribution in [0.5, 0.6) is 0 Å². The highest BCUT2D eigenvalue weighted by Gasteiger charge is 2.27. The summed E-state index contributed by atoms with van der Waals surface area (Å²) in [6.45, 7) is 13.2. The van der Waals surface area contributed by atoms with Crippen molar-refractivity contribution in [2.75, 3.05) is 0 Å². The van der Waals surface area contributed by atoms with Gasteiger partial charge in [-0.05, 0) is 38.7 Å². The van der Waals surface area contributed by atoms with Crippen LogP contribution in [0.25, 0.3) is 0 Å². The van der Waals surface area contributed by atoms with Crippen molar-refractivity contribution in [2.45, 2.75) is 91.4 Å². The molecular formula is C14H32O2Si. The molecule has 0 aliphatic carbocycles. The summed E-state index contributed by atoms with van der Waals surface area (Å²) >= 11 is 0. The second kappa shape index (κ2) is 10.1. The Morgan fingerprint density at radius 1 is 0.824 bits per heavy atom. The fourth-order valence-electron chi connectivity index (χ4n) is 1.81. The summed E-state index contributed by atoms with van der Waals surface area (Å²) < 4.78 is 12.4. The standard InChI is InChI=1S/C14H32O2Si/c1-7-11-14(10-4)17(15-12(5)8-2)16-13(6)9-3/h12-14,17H,7-11H2,1-6H3. The SMILES string of the molecule is CCCC(CC)[SiH](OC(C)CC)OC(C)CC. The largest absolute Gasteiger partial charge is 0.394 e. The fraction of sp³-hybridized carbons (Fsp3) is 1.00. The van der Waals surface area contributed by atoms with E-state index in [1.54, 1.807) is 0 Å². The molecule has 0 saturated heterocycles. The smallest absolute Gasteiger partial charge is 0.325 e. The average Bonchev–Trinajstić information content (AvgIpc) is 2.34. The van der Waals surface area contributed by atoms with E-state index < -0.39 is 9.28 Å². The minimum atomic E-state index is -1.52. The first-order valence-electron chi connectivity index (χ1n) is 7.39. The third-order valence-electron chi connectivity index (χ3n) is 3.45. The van der Waals surface area contributed by atoms with Gasteiger partial charge in [0, 0.05) is 12.2 Å². The van der Waals surface area contributed by atoms with Crippen LogP contribution in [0.15, 0.2) is 0 Å². The molecule has 0 aliphatic rings. The summed E-state index contributed by atoms with van der Waals surface area (Å²) in [5.41, 5.74) is 0.669. The minimum Gasteiger partial charge on any atom is -0.394 e. The molecule has 2 nitrogen and oxygen atoms in total. The molecule has 3 atom stereocenters. The molecule has 17 heavy (non-hydrogen) atoms. The lowest BCUT2D eigenvalue weighted by molar-refractivity contribution is 0.102. The van der Waals surface area contributed by atoms with Crippen molar-refractivity contribution in [3.63, 3.8) is 0 Å². The van der Waals surface area contributed by atoms with Crippen LogP contribution in [-0.4, -0.2) is 21.5 Å². The molecule has 0 saturated carbocycles. The average molecular weight is 260 g/mol. The van der Waals surface area contributed by atoms with Gasteiger partial charge in [0.05, 0.1) is 0 Å². The quantitative estimate of drug-likeness (QED) is 0.541. The molecule has 0 rings (SSSR count). The maximum absolute atomic E-state index is 6.19. The highest BCUT2D eigenvalue weighted by atomic mass is 28.3. The van der Waals surface area contributed by atoms with Gasteiger partial charge in [-0.15, -0.1) is 0 Å². The van der Waals surface area contributed by atoms with Gasteiger partial charge in [-0.25, -0.2) is 0 Å². The molecular weight excluding hydrogens is 228 g/mol. The van der Waals surface area contributed by atoms with Gasteiger partial charge in [-0.2, -0.15) is 0 Å². The van der Waals surface area contributed by atoms with E-state index in [9.17, 15) is 0 Å². The number of rotatable bonds is 10. The Bertz CT molecular complexity index is 164. The highest BCUT2D eigenvalue weighted by Crippen LogP contribution is 2.25. The Hall–Kier alpha value is 0.137. The molecule has 0 bridgehead atoms. The van der Waals surface area contributed by atoms with E-state index in [-0.39, 0.29) is 0 Å². The molecule has 0 radical (unpaired) electrons. The zero-order valence-corrected chi connectivity index (χ0v) is 13.8. The summed E-state index contributed by atoms with van der Waals surface area (Å²) in [7, 11) is -1.52. The molecule has 0 fully saturated rings. The van der Waals surface area contributed by atoms with E-state index in [1.165, 1.54) is 19.3 Å². The summed E-state index contributed by atoms with van der Waals surface area (Å²) in [4.78, 5) is 0. The lowest BCUT2D eigenvalue weighted by atomic mass is 10.2. The molecule has 3 heteroatoms. The highest BCUT2D eigenvalue weighted by molar-refractivity contribution is 6.46. The van der Waals surface area contributed by atoms with E-state index in [4.69, 9.17) is 8.85 Å². The second-order valence-corrected chi connectivity index (χ2v) is 7.26. The Morgan fingerprint density at radius 3 is 1.59 bits per heavy atom. The minimum absolute atomic E-state index is 0.349. The molecule has 0 amide bonds. The van der Waals surface area contributed by atoms with Crippen LogP contribution in [0.3, 0.4) is 0 Å². The van der Waals surface area contributed by atoms with Crippen molar-refractivity contribution in [3.05, 3.63) is 0 Å². The summed E-state index contributed by atoms with van der Waals surface area (Å²) in [6.07, 6.45) is 6.53. The molecule has 0 aromatic heterocycles. The third-order valence-corrected chi connectivity index (χ3v) is 6.49. The topological polar surface area (TPSA) is 18.5 Å². The first-order valence-corrected chi connectivity index (χ1v) is 9.00. The van der Waals surface area contributed by atoms with Crippen LogP contribution in [0.1, 0.15) is 73.6 Å². The predicted octanol–water partition coefficient (Wildman–Crippen LogP) is 4.42. The van der Waals surface area contributed by atoms with E-state index in [1.807, 2.05) is 0 Å². The molecule has 0 aromatic rings. The van der Waals surface area contributed by atoms with Crippen molar-refractivity contribution in [1.29, 1.82) is 0 Å². The second-order valence-electron chi connectivity index (χ2n) is 5.04. The molecule has 0 N–H and O–H groups in total. The Balaban J connectivity index is 4.44. The predicted molar refractivity (Wildman–Crippen MR) is 77.8 cm³/mol. The van der Waals surface area contributed by atoms with Crippen LogP contribution < -0.4 is 0 Å². The zero-order chi connectivity index (χ0) is 13.3. The molecule has 0 aliphatic heterocycles. The molecule has 3 unspecified atom stereocenters. The summed E-state index contributed by atoms with van der Waals surface area (Å²) in [5, 5.41) is 0. The van der Waals surface area contributed by atoms with Crippen molar-refractivity contribution in [2.24, 2.45) is 0 Å². The van der Waals surface area contributed by atoms with Crippen LogP contribution in [-0.2, 0) is 8.85 Å². The van der Waals surface area contributed by atoms with Gasteiger partial charge in [0.1, 0.15) is 0 Å². The first-order chi connectivity index (χ1) is 8.08. The van der Waals surface area contributed by atoms with Gasteiger partial charge in [0.25, 0.3) is 0 Å². The Labute approximate surface area is 110 Å². The number of hydrogen-bond acceptors (Lipinski definition) is 2. The van der Waals surface area contributed by atoms with Gasteiger partial charge < -0.3 is 8.85 Å². The van der Waals surface area contributed by atoms with E-state index in [0.717, 1.165) is 12.8 Å². The number of hydrogen-bond donors (Lipinski definition) is 0.